The number of allylic oxidation sites excluding steroid dienone is 19. The van der Waals surface area contributed by atoms with Gasteiger partial charge in [-0.3, -0.25) is 14.1 Å². The molecular weight excluding hydrogens is 691 g/mol. The van der Waals surface area contributed by atoms with Crippen LogP contribution in [-0.2, 0) is 28.2 Å². The Hall–Kier alpha value is -3.59. The molecule has 0 saturated carbocycles. The first-order valence-corrected chi connectivity index (χ1v) is 20.5. The molecule has 0 spiro atoms. The van der Waals surface area contributed by atoms with E-state index in [1.807, 2.05) is 12.2 Å². The molecule has 0 bridgehead atoms. The molecule has 0 aliphatic heterocycles. The predicted octanol–water partition coefficient (Wildman–Crippen LogP) is 10.4. The fourth-order valence-electron chi connectivity index (χ4n) is 4.29. The smallest absolute Gasteiger partial charge is 0.462 e. The summed E-state index contributed by atoms with van der Waals surface area (Å²) >= 11 is 0. The number of aliphatic hydroxyl groups excluding tert-OH is 1. The Labute approximate surface area is 319 Å². The fraction of sp³-hybridized carbons (Fsp3) is 0.488. The van der Waals surface area contributed by atoms with E-state index < -0.39 is 45.2 Å². The van der Waals surface area contributed by atoms with E-state index >= 15 is 0 Å². The van der Waals surface area contributed by atoms with Gasteiger partial charge in [0.05, 0.1) is 12.7 Å². The quantitative estimate of drug-likeness (QED) is 0.0201. The topological polar surface area (TPSA) is 140 Å². The number of phosphoric acid groups is 1. The van der Waals surface area contributed by atoms with Crippen LogP contribution in [0.25, 0.3) is 0 Å². The van der Waals surface area contributed by atoms with Crippen LogP contribution in [-0.4, -0.2) is 52.3 Å². The zero-order valence-electron chi connectivity index (χ0n) is 32.0. The Bertz CT molecular complexity index is 1280. The molecule has 0 radical (unpaired) electrons. The predicted molar refractivity (Wildman–Crippen MR) is 217 cm³/mol. The molecule has 0 aromatic heterocycles. The number of hydrogen-bond acceptors (Lipinski definition) is 7. The van der Waals surface area contributed by atoms with Crippen molar-refractivity contribution in [1.82, 2.24) is 0 Å². The molecule has 3 N–H and O–H groups in total. The minimum atomic E-state index is -4.83. The number of esters is 2. The summed E-state index contributed by atoms with van der Waals surface area (Å²) in [6, 6.07) is 0. The monoisotopic (exact) mass is 756 g/mol. The highest BCUT2D eigenvalue weighted by Crippen LogP contribution is 2.35. The number of rotatable bonds is 32. The number of unbranched alkanes of at least 4 members (excludes halogenated alkanes) is 2. The van der Waals surface area contributed by atoms with Gasteiger partial charge in [-0.15, -0.1) is 0 Å². The molecule has 0 aliphatic rings. The Morgan fingerprint density at radius 1 is 0.585 bits per heavy atom. The molecule has 0 fully saturated rings. The van der Waals surface area contributed by atoms with Gasteiger partial charge in [0.25, 0.3) is 0 Å². The van der Waals surface area contributed by atoms with Gasteiger partial charge >= 0.3 is 19.8 Å². The molecule has 0 heterocycles. The van der Waals surface area contributed by atoms with Crippen molar-refractivity contribution in [2.45, 2.75) is 122 Å². The first-order valence-electron chi connectivity index (χ1n) is 18.9. The maximum atomic E-state index is 12.4. The summed E-state index contributed by atoms with van der Waals surface area (Å²) in [5.74, 6) is -1.23. The molecule has 296 valence electrons. The van der Waals surface area contributed by atoms with Crippen LogP contribution in [0.4, 0.5) is 0 Å². The van der Waals surface area contributed by atoms with Crippen molar-refractivity contribution >= 4 is 19.8 Å². The molecule has 53 heavy (non-hydrogen) atoms. The van der Waals surface area contributed by atoms with E-state index in [4.69, 9.17) is 19.3 Å². The average Bonchev–Trinajstić information content (AvgIpc) is 3.12. The van der Waals surface area contributed by atoms with Crippen molar-refractivity contribution in [2.24, 2.45) is 0 Å². The normalized spacial score (nSPS) is 14.4. The second kappa shape index (κ2) is 36.8. The van der Waals surface area contributed by atoms with Crippen molar-refractivity contribution in [3.8, 4) is 0 Å². The third-order valence-electron chi connectivity index (χ3n) is 7.09. The van der Waals surface area contributed by atoms with Gasteiger partial charge in [-0.2, -0.15) is 0 Å². The molecule has 0 saturated heterocycles. The zero-order chi connectivity index (χ0) is 39.1. The van der Waals surface area contributed by atoms with Gasteiger partial charge in [0, 0.05) is 12.8 Å². The Balaban J connectivity index is 4.32. The van der Waals surface area contributed by atoms with E-state index in [9.17, 15) is 19.3 Å². The zero-order valence-corrected chi connectivity index (χ0v) is 32.9. The molecule has 0 aromatic carbocycles. The van der Waals surface area contributed by atoms with Crippen LogP contribution in [0.5, 0.6) is 0 Å². The largest absolute Gasteiger partial charge is 0.469 e. The van der Waals surface area contributed by atoms with Gasteiger partial charge < -0.3 is 24.4 Å². The van der Waals surface area contributed by atoms with E-state index in [2.05, 4.69) is 116 Å². The Morgan fingerprint density at radius 2 is 1.06 bits per heavy atom. The molecule has 10 heteroatoms. The van der Waals surface area contributed by atoms with Crippen LogP contribution in [0.2, 0.25) is 0 Å². The average molecular weight is 757 g/mol. The van der Waals surface area contributed by atoms with Crippen LogP contribution in [0.15, 0.2) is 122 Å². The molecule has 0 rings (SSSR count). The molecule has 9 nitrogen and oxygen atoms in total. The van der Waals surface area contributed by atoms with E-state index in [0.717, 1.165) is 70.6 Å². The van der Waals surface area contributed by atoms with Crippen molar-refractivity contribution in [3.63, 3.8) is 0 Å². The first kappa shape index (κ1) is 49.4. The van der Waals surface area contributed by atoms with Gasteiger partial charge in [0.2, 0.25) is 0 Å². The highest BCUT2D eigenvalue weighted by atomic mass is 31.2. The van der Waals surface area contributed by atoms with Gasteiger partial charge in [0.1, 0.15) is 6.61 Å². The van der Waals surface area contributed by atoms with Gasteiger partial charge in [-0.1, -0.05) is 135 Å². The lowest BCUT2D eigenvalue weighted by Gasteiger charge is -2.18. The molecule has 0 amide bonds. The van der Waals surface area contributed by atoms with Crippen molar-refractivity contribution in [1.29, 1.82) is 0 Å². The highest BCUT2D eigenvalue weighted by Gasteiger charge is 2.23. The number of phosphoric ester groups is 1. The van der Waals surface area contributed by atoms with Gasteiger partial charge in [-0.05, 0) is 83.5 Å². The highest BCUT2D eigenvalue weighted by molar-refractivity contribution is 7.46. The van der Waals surface area contributed by atoms with Gasteiger partial charge in [0.15, 0.2) is 6.10 Å². The SMILES string of the molecule is CC/C=C\C/C=C\C/C=C\C/C=C\C/C=C\C=C/C(O)CCC(=O)OC[C@H](COP(=O)(O)O)OC(=O)CCCC/C=C\C/C=C\C/C=C\C/C=C\CC. The Kier molecular flexibility index (Phi) is 34.3. The minimum Gasteiger partial charge on any atom is -0.462 e. The van der Waals surface area contributed by atoms with Crippen molar-refractivity contribution in [3.05, 3.63) is 122 Å². The fourth-order valence-corrected chi connectivity index (χ4v) is 4.65. The maximum Gasteiger partial charge on any atom is 0.469 e. The third kappa shape index (κ3) is 39.5. The second-order valence-electron chi connectivity index (χ2n) is 12.0. The maximum absolute atomic E-state index is 12.4. The third-order valence-corrected chi connectivity index (χ3v) is 7.58. The summed E-state index contributed by atoms with van der Waals surface area (Å²) in [5.41, 5.74) is 0. The number of carbonyl (C=O) groups excluding carboxylic acids is 2. The minimum absolute atomic E-state index is 0.101. The van der Waals surface area contributed by atoms with E-state index in [1.165, 1.54) is 0 Å². The summed E-state index contributed by atoms with van der Waals surface area (Å²) in [5, 5.41) is 10.2. The lowest BCUT2D eigenvalue weighted by molar-refractivity contribution is -0.161. The second-order valence-corrected chi connectivity index (χ2v) is 13.2. The number of carbonyl (C=O) groups is 2. The lowest BCUT2D eigenvalue weighted by atomic mass is 10.2. The molecule has 1 unspecified atom stereocenters. The van der Waals surface area contributed by atoms with Crippen LogP contribution >= 0.6 is 7.82 Å². The summed E-state index contributed by atoms with van der Waals surface area (Å²) < 4.78 is 26.1. The number of aliphatic hydroxyl groups is 1. The molecular formula is C43H65O9P. The number of ether oxygens (including phenoxy) is 2. The summed E-state index contributed by atoms with van der Waals surface area (Å²) in [4.78, 5) is 42.7. The molecule has 0 aliphatic carbocycles. The summed E-state index contributed by atoms with van der Waals surface area (Å²) in [6.07, 6.45) is 49.7. The van der Waals surface area contributed by atoms with Crippen LogP contribution in [0.3, 0.4) is 0 Å². The van der Waals surface area contributed by atoms with E-state index in [0.29, 0.717) is 6.42 Å². The van der Waals surface area contributed by atoms with Crippen LogP contribution in [0, 0.1) is 0 Å². The van der Waals surface area contributed by atoms with Crippen LogP contribution < -0.4 is 0 Å². The van der Waals surface area contributed by atoms with Gasteiger partial charge in [-0.25, -0.2) is 4.57 Å². The molecule has 2 atom stereocenters. The standard InChI is InChI=1S/C43H65O9P/c1-3-5-7-9-11-13-15-17-19-21-22-24-26-28-30-32-34-40(44)36-37-42(45)50-38-41(39-51-53(47,48)49)52-43(46)35-33-31-29-27-25-23-20-18-16-14-12-10-8-6-4-2/h5-8,11-14,17-20,22,24-25,27-28,30,32,34,40-41,44H,3-4,9-10,15-16,21,23,26,29,31,33,35-39H2,1-2H3,(H2,47,48,49)/b7-5-,8-6-,13-11-,14-12-,19-17-,20-18-,24-22-,27-25-,30-28-,34-32-/t40?,41-/m1/s1. The van der Waals surface area contributed by atoms with E-state index in [-0.39, 0.29) is 19.3 Å². The van der Waals surface area contributed by atoms with E-state index in [1.54, 1.807) is 12.2 Å². The molecule has 0 aromatic rings. The van der Waals surface area contributed by atoms with Crippen LogP contribution in [0.1, 0.15) is 110 Å². The Morgan fingerprint density at radius 3 is 1.55 bits per heavy atom. The number of hydrogen-bond donors (Lipinski definition) is 3. The first-order chi connectivity index (χ1) is 25.7. The van der Waals surface area contributed by atoms with Crippen molar-refractivity contribution in [2.75, 3.05) is 13.2 Å². The summed E-state index contributed by atoms with van der Waals surface area (Å²) in [7, 11) is -4.83. The van der Waals surface area contributed by atoms with Crippen molar-refractivity contribution < 1.29 is 43.0 Å². The lowest BCUT2D eigenvalue weighted by Crippen LogP contribution is -2.29. The summed E-state index contributed by atoms with van der Waals surface area (Å²) in [6.45, 7) is 3.17.